The second-order valence-electron chi connectivity index (χ2n) is 3.72. The van der Waals surface area contributed by atoms with Crippen molar-refractivity contribution >= 4 is 28.4 Å². The number of ether oxygens (including phenoxy) is 1. The Kier molecular flexibility index (Phi) is 3.93. The smallest absolute Gasteiger partial charge is 0.133 e. The average molecular weight is 335 g/mol. The van der Waals surface area contributed by atoms with E-state index in [-0.39, 0.29) is 12.7 Å². The number of aryl methyl sites for hydroxylation is 1. The summed E-state index contributed by atoms with van der Waals surface area (Å²) in [5.41, 5.74) is 0. The van der Waals surface area contributed by atoms with Crippen molar-refractivity contribution in [3.63, 3.8) is 0 Å². The van der Waals surface area contributed by atoms with Gasteiger partial charge in [0.1, 0.15) is 15.3 Å². The minimum absolute atomic E-state index is 0.0532. The summed E-state index contributed by atoms with van der Waals surface area (Å²) in [5.74, 6) is 1.69. The Bertz CT molecular complexity index is 355. The van der Waals surface area contributed by atoms with Gasteiger partial charge in [0, 0.05) is 19.2 Å². The molecule has 0 saturated carbocycles. The lowest BCUT2D eigenvalue weighted by Gasteiger charge is -2.32. The summed E-state index contributed by atoms with van der Waals surface area (Å²) in [6.07, 6.45) is -0.110. The van der Waals surface area contributed by atoms with Crippen molar-refractivity contribution in [2.24, 2.45) is 0 Å². The molecule has 88 valence electrons. The van der Waals surface area contributed by atoms with Gasteiger partial charge in [0.15, 0.2) is 0 Å². The molecule has 1 aliphatic heterocycles. The summed E-state index contributed by atoms with van der Waals surface area (Å²) in [7, 11) is 0. The molecule has 6 heteroatoms. The molecule has 2 rings (SSSR count). The fourth-order valence-corrected chi connectivity index (χ4v) is 2.34. The van der Waals surface area contributed by atoms with E-state index in [0.717, 1.165) is 21.9 Å². The van der Waals surface area contributed by atoms with E-state index in [2.05, 4.69) is 37.5 Å². The molecule has 0 unspecified atom stereocenters. The van der Waals surface area contributed by atoms with Gasteiger partial charge in [-0.25, -0.2) is 9.97 Å². The number of anilines is 1. The molecular weight excluding hydrogens is 321 g/mol. The molecule has 0 amide bonds. The molecular formula is C10H14IN3O2. The monoisotopic (exact) mass is 335 g/mol. The Morgan fingerprint density at radius 2 is 2.44 bits per heavy atom. The van der Waals surface area contributed by atoms with Crippen molar-refractivity contribution in [2.75, 3.05) is 31.2 Å². The van der Waals surface area contributed by atoms with Gasteiger partial charge in [0.05, 0.1) is 19.3 Å². The third-order valence-electron chi connectivity index (χ3n) is 2.46. The number of halogens is 1. The number of rotatable bonds is 2. The fraction of sp³-hybridized carbons (Fsp3) is 0.600. The Balaban J connectivity index is 2.16. The maximum Gasteiger partial charge on any atom is 0.133 e. The van der Waals surface area contributed by atoms with Gasteiger partial charge in [-0.1, -0.05) is 0 Å². The topological polar surface area (TPSA) is 58.5 Å². The van der Waals surface area contributed by atoms with Gasteiger partial charge < -0.3 is 14.7 Å². The third kappa shape index (κ3) is 2.80. The van der Waals surface area contributed by atoms with Crippen LogP contribution in [0.3, 0.4) is 0 Å². The SMILES string of the molecule is Cc1nc(I)cc(N2CCO[C@@H](CO)C2)n1. The molecule has 1 N–H and O–H groups in total. The van der Waals surface area contributed by atoms with Gasteiger partial charge in [-0.15, -0.1) is 0 Å². The van der Waals surface area contributed by atoms with Crippen molar-refractivity contribution in [2.45, 2.75) is 13.0 Å². The lowest BCUT2D eigenvalue weighted by molar-refractivity contribution is 0.00334. The second kappa shape index (κ2) is 5.24. The van der Waals surface area contributed by atoms with Crippen LogP contribution in [-0.4, -0.2) is 47.5 Å². The zero-order valence-corrected chi connectivity index (χ0v) is 11.2. The van der Waals surface area contributed by atoms with Crippen molar-refractivity contribution in [3.05, 3.63) is 15.6 Å². The maximum absolute atomic E-state index is 9.08. The van der Waals surface area contributed by atoms with E-state index in [1.54, 1.807) is 0 Å². The van der Waals surface area contributed by atoms with Crippen molar-refractivity contribution in [1.29, 1.82) is 0 Å². The predicted molar refractivity (Wildman–Crippen MR) is 68.5 cm³/mol. The fourth-order valence-electron chi connectivity index (χ4n) is 1.72. The number of aromatic nitrogens is 2. The van der Waals surface area contributed by atoms with E-state index in [4.69, 9.17) is 9.84 Å². The van der Waals surface area contributed by atoms with E-state index in [1.165, 1.54) is 0 Å². The van der Waals surface area contributed by atoms with E-state index in [9.17, 15) is 0 Å². The van der Waals surface area contributed by atoms with Crippen LogP contribution in [0.5, 0.6) is 0 Å². The number of hydrogen-bond donors (Lipinski definition) is 1. The van der Waals surface area contributed by atoms with Crippen LogP contribution in [0.25, 0.3) is 0 Å². The van der Waals surface area contributed by atoms with Crippen molar-refractivity contribution in [1.82, 2.24) is 9.97 Å². The molecule has 1 aliphatic rings. The van der Waals surface area contributed by atoms with Gasteiger partial charge in [-0.3, -0.25) is 0 Å². The van der Waals surface area contributed by atoms with Crippen LogP contribution < -0.4 is 4.90 Å². The molecule has 1 aromatic rings. The summed E-state index contributed by atoms with van der Waals surface area (Å²) in [4.78, 5) is 10.8. The molecule has 0 aromatic carbocycles. The summed E-state index contributed by atoms with van der Waals surface area (Å²) in [6.45, 7) is 4.06. The van der Waals surface area contributed by atoms with E-state index >= 15 is 0 Å². The van der Waals surface area contributed by atoms with Gasteiger partial charge >= 0.3 is 0 Å². The lowest BCUT2D eigenvalue weighted by atomic mass is 10.3. The minimum Gasteiger partial charge on any atom is -0.394 e. The first-order valence-electron chi connectivity index (χ1n) is 5.17. The van der Waals surface area contributed by atoms with E-state index in [0.29, 0.717) is 13.2 Å². The molecule has 0 bridgehead atoms. The lowest BCUT2D eigenvalue weighted by Crippen LogP contribution is -2.44. The zero-order chi connectivity index (χ0) is 11.5. The van der Waals surface area contributed by atoms with Crippen LogP contribution in [0, 0.1) is 10.6 Å². The van der Waals surface area contributed by atoms with Crippen molar-refractivity contribution < 1.29 is 9.84 Å². The van der Waals surface area contributed by atoms with Gasteiger partial charge in [0.25, 0.3) is 0 Å². The first-order valence-corrected chi connectivity index (χ1v) is 6.25. The first-order chi connectivity index (χ1) is 7.69. The second-order valence-corrected chi connectivity index (χ2v) is 4.82. The number of hydrogen-bond acceptors (Lipinski definition) is 5. The summed E-state index contributed by atoms with van der Waals surface area (Å²) in [6, 6.07) is 1.95. The molecule has 1 fully saturated rings. The molecule has 0 radical (unpaired) electrons. The average Bonchev–Trinajstić information content (AvgIpc) is 2.28. The highest BCUT2D eigenvalue weighted by Crippen LogP contribution is 2.17. The normalized spacial score (nSPS) is 21.2. The van der Waals surface area contributed by atoms with Gasteiger partial charge in [-0.2, -0.15) is 0 Å². The first kappa shape index (κ1) is 12.0. The number of aliphatic hydroxyl groups excluding tert-OH is 1. The number of aliphatic hydroxyl groups is 1. The molecule has 5 nitrogen and oxygen atoms in total. The highest BCUT2D eigenvalue weighted by Gasteiger charge is 2.21. The molecule has 2 heterocycles. The Labute approximate surface area is 108 Å². The quantitative estimate of drug-likeness (QED) is 0.633. The molecule has 1 atom stereocenters. The highest BCUT2D eigenvalue weighted by molar-refractivity contribution is 14.1. The van der Waals surface area contributed by atoms with E-state index in [1.807, 2.05) is 13.0 Å². The number of nitrogens with zero attached hydrogens (tertiary/aromatic N) is 3. The molecule has 1 saturated heterocycles. The van der Waals surface area contributed by atoms with Crippen LogP contribution in [0.4, 0.5) is 5.82 Å². The summed E-state index contributed by atoms with van der Waals surface area (Å²) in [5, 5.41) is 9.08. The zero-order valence-electron chi connectivity index (χ0n) is 9.06. The predicted octanol–water partition coefficient (Wildman–Crippen LogP) is 0.587. The largest absolute Gasteiger partial charge is 0.394 e. The van der Waals surface area contributed by atoms with Crippen LogP contribution in [0.15, 0.2) is 6.07 Å². The summed E-state index contributed by atoms with van der Waals surface area (Å²) >= 11 is 2.18. The Morgan fingerprint density at radius 1 is 1.62 bits per heavy atom. The van der Waals surface area contributed by atoms with E-state index < -0.39 is 0 Å². The maximum atomic E-state index is 9.08. The van der Waals surface area contributed by atoms with Crippen LogP contribution in [0.2, 0.25) is 0 Å². The Hall–Kier alpha value is -0.470. The third-order valence-corrected chi connectivity index (χ3v) is 3.01. The highest BCUT2D eigenvalue weighted by atomic mass is 127. The van der Waals surface area contributed by atoms with Gasteiger partial charge in [0.2, 0.25) is 0 Å². The minimum atomic E-state index is -0.110. The molecule has 0 spiro atoms. The van der Waals surface area contributed by atoms with Crippen LogP contribution >= 0.6 is 22.6 Å². The summed E-state index contributed by atoms with van der Waals surface area (Å²) < 4.78 is 6.34. The van der Waals surface area contributed by atoms with Crippen molar-refractivity contribution in [3.8, 4) is 0 Å². The van der Waals surface area contributed by atoms with Crippen LogP contribution in [0.1, 0.15) is 5.82 Å². The molecule has 1 aromatic heterocycles. The molecule has 16 heavy (non-hydrogen) atoms. The standard InChI is InChI=1S/C10H14IN3O2/c1-7-12-9(11)4-10(13-7)14-2-3-16-8(5-14)6-15/h4,8,15H,2-3,5-6H2,1H3/t8-/m1/s1. The molecule has 0 aliphatic carbocycles. The van der Waals surface area contributed by atoms with Crippen LogP contribution in [-0.2, 0) is 4.74 Å². The number of morpholine rings is 1. The van der Waals surface area contributed by atoms with Gasteiger partial charge in [-0.05, 0) is 29.5 Å². The Morgan fingerprint density at radius 3 is 3.12 bits per heavy atom.